The number of carbonyl (C=O) groups is 1. The van der Waals surface area contributed by atoms with Gasteiger partial charge in [-0.05, 0) is 42.8 Å². The van der Waals surface area contributed by atoms with Gasteiger partial charge in [-0.25, -0.2) is 13.1 Å². The van der Waals surface area contributed by atoms with Gasteiger partial charge < -0.3 is 5.32 Å². The average molecular weight is 462 g/mol. The molecule has 0 aliphatic heterocycles. The number of anilines is 1. The number of aryl methyl sites for hydroxylation is 1. The minimum atomic E-state index is -4.54. The first kappa shape index (κ1) is 23.5. The molecular weight excluding hydrogens is 441 g/mol. The number of sulfonamides is 1. The Morgan fingerprint density at radius 1 is 0.938 bits per heavy atom. The van der Waals surface area contributed by atoms with E-state index in [1.165, 1.54) is 24.3 Å². The summed E-state index contributed by atoms with van der Waals surface area (Å²) >= 11 is 0. The highest BCUT2D eigenvalue weighted by Crippen LogP contribution is 2.31. The van der Waals surface area contributed by atoms with Crippen LogP contribution in [0, 0.1) is 6.92 Å². The third-order valence-electron chi connectivity index (χ3n) is 4.69. The molecule has 0 saturated carbocycles. The fourth-order valence-corrected chi connectivity index (χ4v) is 4.28. The molecule has 0 unspecified atom stereocenters. The molecule has 1 amide bonds. The number of nitrogens with one attached hydrogen (secondary N) is 2. The lowest BCUT2D eigenvalue weighted by atomic mass is 10.0. The van der Waals surface area contributed by atoms with Crippen molar-refractivity contribution in [2.75, 3.05) is 5.32 Å². The van der Waals surface area contributed by atoms with Crippen LogP contribution in [0.15, 0.2) is 83.8 Å². The number of hydrogen-bond acceptors (Lipinski definition) is 3. The van der Waals surface area contributed by atoms with Gasteiger partial charge in [-0.1, -0.05) is 54.1 Å². The Morgan fingerprint density at radius 2 is 1.59 bits per heavy atom. The predicted octanol–water partition coefficient (Wildman–Crippen LogP) is 5.06. The number of hydrogen-bond donors (Lipinski definition) is 2. The summed E-state index contributed by atoms with van der Waals surface area (Å²) in [5.41, 5.74) is 0.513. The Balaban J connectivity index is 1.81. The minimum Gasteiger partial charge on any atom is -0.326 e. The first-order chi connectivity index (χ1) is 15.0. The number of carbonyl (C=O) groups excluding carboxylic acids is 1. The first-order valence-corrected chi connectivity index (χ1v) is 11.1. The van der Waals surface area contributed by atoms with E-state index >= 15 is 0 Å². The van der Waals surface area contributed by atoms with Gasteiger partial charge in [0.15, 0.2) is 0 Å². The van der Waals surface area contributed by atoms with E-state index < -0.39 is 33.7 Å². The lowest BCUT2D eigenvalue weighted by molar-refractivity contribution is -0.137. The second-order valence-corrected chi connectivity index (χ2v) is 8.94. The van der Waals surface area contributed by atoms with Crippen molar-refractivity contribution in [1.82, 2.24) is 4.72 Å². The normalized spacial score (nSPS) is 12.9. The van der Waals surface area contributed by atoms with Crippen molar-refractivity contribution in [2.45, 2.75) is 30.5 Å². The van der Waals surface area contributed by atoms with E-state index in [4.69, 9.17) is 0 Å². The van der Waals surface area contributed by atoms with Gasteiger partial charge in [0.25, 0.3) is 0 Å². The molecule has 0 bridgehead atoms. The number of benzene rings is 3. The summed E-state index contributed by atoms with van der Waals surface area (Å²) in [4.78, 5) is 12.6. The van der Waals surface area contributed by atoms with Crippen molar-refractivity contribution < 1.29 is 26.4 Å². The van der Waals surface area contributed by atoms with Crippen LogP contribution in [-0.4, -0.2) is 14.3 Å². The minimum absolute atomic E-state index is 0.0296. The molecule has 0 aromatic heterocycles. The van der Waals surface area contributed by atoms with Crippen molar-refractivity contribution in [3.05, 3.63) is 95.6 Å². The molecule has 0 aliphatic carbocycles. The van der Waals surface area contributed by atoms with Gasteiger partial charge in [0.05, 0.1) is 16.5 Å². The van der Waals surface area contributed by atoms with Crippen LogP contribution in [-0.2, 0) is 21.0 Å². The van der Waals surface area contributed by atoms with Crippen LogP contribution in [0.1, 0.15) is 29.2 Å². The largest absolute Gasteiger partial charge is 0.416 e. The van der Waals surface area contributed by atoms with E-state index in [2.05, 4.69) is 10.0 Å². The lowest BCUT2D eigenvalue weighted by Crippen LogP contribution is -2.31. The quantitative estimate of drug-likeness (QED) is 0.515. The van der Waals surface area contributed by atoms with Gasteiger partial charge in [-0.15, -0.1) is 0 Å². The van der Waals surface area contributed by atoms with Crippen LogP contribution in [0.3, 0.4) is 0 Å². The van der Waals surface area contributed by atoms with E-state index in [0.717, 1.165) is 17.7 Å². The maximum atomic E-state index is 12.9. The standard InChI is InChI=1S/C23H21F3N2O3S/c1-16-10-12-20(13-11-16)32(30,31)28-21(17-6-3-2-4-7-17)15-22(29)27-19-9-5-8-18(14-19)23(24,25)26/h2-14,21,28H,15H2,1H3,(H,27,29)/t21-/m0/s1. The maximum Gasteiger partial charge on any atom is 0.416 e. The lowest BCUT2D eigenvalue weighted by Gasteiger charge is -2.19. The topological polar surface area (TPSA) is 75.3 Å². The molecular formula is C23H21F3N2O3S. The molecule has 9 heteroatoms. The van der Waals surface area contributed by atoms with Gasteiger partial charge in [0.1, 0.15) is 0 Å². The summed E-state index contributed by atoms with van der Waals surface area (Å²) in [6.45, 7) is 1.83. The van der Waals surface area contributed by atoms with Gasteiger partial charge >= 0.3 is 6.18 Å². The van der Waals surface area contributed by atoms with Gasteiger partial charge in [-0.2, -0.15) is 13.2 Å². The van der Waals surface area contributed by atoms with Gasteiger partial charge in [0, 0.05) is 12.1 Å². The molecule has 0 spiro atoms. The third kappa shape index (κ3) is 6.18. The molecule has 0 heterocycles. The number of rotatable bonds is 7. The molecule has 0 saturated heterocycles. The molecule has 168 valence electrons. The summed E-state index contributed by atoms with van der Waals surface area (Å²) in [6, 6.07) is 18.0. The Hall–Kier alpha value is -3.17. The second-order valence-electron chi connectivity index (χ2n) is 7.23. The molecule has 0 aliphatic rings. The summed E-state index contributed by atoms with van der Waals surface area (Å²) in [5.74, 6) is -0.634. The molecule has 3 aromatic carbocycles. The molecule has 3 rings (SSSR count). The fraction of sp³-hybridized carbons (Fsp3) is 0.174. The summed E-state index contributed by atoms with van der Waals surface area (Å²) in [7, 11) is -3.95. The highest BCUT2D eigenvalue weighted by Gasteiger charge is 2.30. The summed E-state index contributed by atoms with van der Waals surface area (Å²) < 4.78 is 67.0. The highest BCUT2D eigenvalue weighted by molar-refractivity contribution is 7.89. The highest BCUT2D eigenvalue weighted by atomic mass is 32.2. The van der Waals surface area contributed by atoms with Crippen molar-refractivity contribution in [1.29, 1.82) is 0 Å². The summed E-state index contributed by atoms with van der Waals surface area (Å²) in [5, 5.41) is 2.41. The van der Waals surface area contributed by atoms with Crippen molar-refractivity contribution in [2.24, 2.45) is 0 Å². The van der Waals surface area contributed by atoms with E-state index in [1.54, 1.807) is 42.5 Å². The Kier molecular flexibility index (Phi) is 7.00. The zero-order chi connectivity index (χ0) is 23.4. The van der Waals surface area contributed by atoms with Crippen molar-refractivity contribution in [3.8, 4) is 0 Å². The molecule has 32 heavy (non-hydrogen) atoms. The monoisotopic (exact) mass is 462 g/mol. The number of alkyl halides is 3. The Labute approximate surface area is 184 Å². The maximum absolute atomic E-state index is 12.9. The van der Waals surface area contributed by atoms with Gasteiger partial charge in [0.2, 0.25) is 15.9 Å². The molecule has 0 fully saturated rings. The van der Waals surface area contributed by atoms with E-state index in [-0.39, 0.29) is 17.0 Å². The van der Waals surface area contributed by atoms with Crippen LogP contribution in [0.25, 0.3) is 0 Å². The molecule has 3 aromatic rings. The molecule has 0 radical (unpaired) electrons. The van der Waals surface area contributed by atoms with E-state index in [1.807, 2.05) is 6.92 Å². The van der Waals surface area contributed by atoms with Crippen LogP contribution in [0.5, 0.6) is 0 Å². The predicted molar refractivity (Wildman–Crippen MR) is 115 cm³/mol. The van der Waals surface area contributed by atoms with Crippen LogP contribution in [0.2, 0.25) is 0 Å². The third-order valence-corrected chi connectivity index (χ3v) is 6.18. The number of amides is 1. The second kappa shape index (κ2) is 9.54. The zero-order valence-electron chi connectivity index (χ0n) is 17.1. The van der Waals surface area contributed by atoms with Crippen molar-refractivity contribution >= 4 is 21.6 Å². The summed E-state index contributed by atoms with van der Waals surface area (Å²) in [6.07, 6.45) is -4.86. The van der Waals surface area contributed by atoms with Crippen LogP contribution < -0.4 is 10.0 Å². The molecule has 1 atom stereocenters. The van der Waals surface area contributed by atoms with Crippen LogP contribution >= 0.6 is 0 Å². The number of halogens is 3. The zero-order valence-corrected chi connectivity index (χ0v) is 17.9. The van der Waals surface area contributed by atoms with E-state index in [9.17, 15) is 26.4 Å². The van der Waals surface area contributed by atoms with Crippen LogP contribution in [0.4, 0.5) is 18.9 Å². The first-order valence-electron chi connectivity index (χ1n) is 9.66. The fourth-order valence-electron chi connectivity index (χ4n) is 3.06. The SMILES string of the molecule is Cc1ccc(S(=O)(=O)N[C@@H](CC(=O)Nc2cccc(C(F)(F)F)c2)c2ccccc2)cc1. The van der Waals surface area contributed by atoms with E-state index in [0.29, 0.717) is 5.56 Å². The average Bonchev–Trinajstić information content (AvgIpc) is 2.73. The smallest absolute Gasteiger partial charge is 0.326 e. The Morgan fingerprint density at radius 3 is 2.22 bits per heavy atom. The molecule has 2 N–H and O–H groups in total. The van der Waals surface area contributed by atoms with Crippen molar-refractivity contribution in [3.63, 3.8) is 0 Å². The molecule has 5 nitrogen and oxygen atoms in total. The van der Waals surface area contributed by atoms with Gasteiger partial charge in [-0.3, -0.25) is 4.79 Å². The Bertz CT molecular complexity index is 1180.